The number of hydrogen-bond donors (Lipinski definition) is 0. The van der Waals surface area contributed by atoms with Crippen molar-refractivity contribution in [3.05, 3.63) is 43.6 Å². The lowest BCUT2D eigenvalue weighted by Crippen LogP contribution is -2.34. The minimum atomic E-state index is -0.292. The third-order valence-corrected chi connectivity index (χ3v) is 10.5. The highest BCUT2D eigenvalue weighted by Gasteiger charge is 2.38. The van der Waals surface area contributed by atoms with Crippen LogP contribution in [0.25, 0.3) is 20.2 Å². The van der Waals surface area contributed by atoms with Gasteiger partial charge in [0, 0.05) is 32.4 Å². The second-order valence-electron chi connectivity index (χ2n) is 7.79. The molecule has 0 unspecified atom stereocenters. The second-order valence-corrected chi connectivity index (χ2v) is 11.9. The van der Waals surface area contributed by atoms with E-state index in [4.69, 9.17) is 4.99 Å². The fourth-order valence-electron chi connectivity index (χ4n) is 3.92. The van der Waals surface area contributed by atoms with Gasteiger partial charge in [-0.2, -0.15) is 0 Å². The highest BCUT2D eigenvalue weighted by Crippen LogP contribution is 2.35. The molecule has 0 bridgehead atoms. The van der Waals surface area contributed by atoms with Crippen LogP contribution in [0.5, 0.6) is 0 Å². The van der Waals surface area contributed by atoms with E-state index in [1.165, 1.54) is 46.6 Å². The maximum Gasteiger partial charge on any atom is 0.385 e. The van der Waals surface area contributed by atoms with Crippen LogP contribution in [0.3, 0.4) is 0 Å². The molecule has 0 atom stereocenters. The molecule has 2 aromatic heterocycles. The lowest BCUT2D eigenvalue weighted by atomic mass is 10.3. The van der Waals surface area contributed by atoms with Gasteiger partial charge in [-0.25, -0.2) is 8.96 Å². The fraction of sp³-hybridized carbons (Fsp3) is 0.364. The third-order valence-electron chi connectivity index (χ3n) is 5.74. The van der Waals surface area contributed by atoms with Crippen molar-refractivity contribution >= 4 is 82.6 Å². The molecule has 2 fully saturated rings. The van der Waals surface area contributed by atoms with Crippen molar-refractivity contribution in [1.29, 1.82) is 0 Å². The van der Waals surface area contributed by atoms with Crippen LogP contribution < -0.4 is 19.3 Å². The van der Waals surface area contributed by atoms with Gasteiger partial charge in [-0.05, 0) is 60.1 Å². The molecular formula is C22H23FN5O2S4+. The maximum atomic E-state index is 13.7. The van der Waals surface area contributed by atoms with Gasteiger partial charge in [-0.3, -0.25) is 19.1 Å². The van der Waals surface area contributed by atoms with Crippen LogP contribution in [0, 0.1) is 5.82 Å². The Morgan fingerprint density at radius 3 is 2.65 bits per heavy atom. The summed E-state index contributed by atoms with van der Waals surface area (Å²) >= 11 is 5.75. The molecule has 2 aliphatic heterocycles. The SMILES string of the molecule is CCN1C(=O)C(=c2sc(=C3SCCN3C)c(=O)n2CC)SC1=Nc1sc2cc(F)ccc2[n+]1C. The Morgan fingerprint density at radius 2 is 1.97 bits per heavy atom. The fourth-order valence-corrected chi connectivity index (χ4v) is 8.84. The third kappa shape index (κ3) is 3.80. The van der Waals surface area contributed by atoms with Gasteiger partial charge < -0.3 is 4.90 Å². The standard InChI is InChI=1S/C22H23FN5O2S4/c1-5-27-17(29)15(19-25(3)9-10-31-19)33-20(27)16-18(30)28(6-2)22(34-16)24-21-26(4)13-8-7-12(23)11-14(13)32-21/h7-8,11H,5-6,9-10H2,1-4H3/q+1. The molecule has 1 amide bonds. The number of amidine groups is 1. The van der Waals surface area contributed by atoms with Crippen molar-refractivity contribution in [2.75, 3.05) is 25.9 Å². The predicted molar refractivity (Wildman–Crippen MR) is 140 cm³/mol. The van der Waals surface area contributed by atoms with Crippen molar-refractivity contribution in [1.82, 2.24) is 14.4 Å². The monoisotopic (exact) mass is 536 g/mol. The maximum absolute atomic E-state index is 13.7. The summed E-state index contributed by atoms with van der Waals surface area (Å²) in [5.74, 6) is 0.513. The minimum Gasteiger partial charge on any atom is -0.367 e. The van der Waals surface area contributed by atoms with Crippen LogP contribution in [-0.2, 0) is 18.4 Å². The van der Waals surface area contributed by atoms with Gasteiger partial charge in [-0.15, -0.1) is 23.1 Å². The summed E-state index contributed by atoms with van der Waals surface area (Å²) < 4.78 is 19.5. The smallest absolute Gasteiger partial charge is 0.367 e. The number of aryl methyl sites for hydroxylation is 1. The number of benzene rings is 1. The molecule has 0 aliphatic carbocycles. The van der Waals surface area contributed by atoms with Crippen LogP contribution in [-0.4, -0.2) is 51.3 Å². The first-order valence-electron chi connectivity index (χ1n) is 10.8. The molecule has 12 heteroatoms. The van der Waals surface area contributed by atoms with Crippen LogP contribution in [0.1, 0.15) is 13.8 Å². The summed E-state index contributed by atoms with van der Waals surface area (Å²) in [5, 5.41) is 2.22. The molecule has 178 valence electrons. The molecule has 4 heterocycles. The van der Waals surface area contributed by atoms with E-state index >= 15 is 0 Å². The number of carbonyl (C=O) groups is 1. The average Bonchev–Trinajstić information content (AvgIpc) is 3.53. The summed E-state index contributed by atoms with van der Waals surface area (Å²) in [7, 11) is 3.87. The van der Waals surface area contributed by atoms with E-state index in [2.05, 4.69) is 4.90 Å². The number of amides is 1. The second kappa shape index (κ2) is 9.14. The summed E-state index contributed by atoms with van der Waals surface area (Å²) in [6, 6.07) is 4.66. The highest BCUT2D eigenvalue weighted by atomic mass is 32.2. The molecule has 3 aromatic rings. The largest absolute Gasteiger partial charge is 0.385 e. The number of carbonyl (C=O) groups excluding carboxylic acids is 1. The minimum absolute atomic E-state index is 0.0500. The Kier molecular flexibility index (Phi) is 6.34. The highest BCUT2D eigenvalue weighted by molar-refractivity contribution is 8.23. The van der Waals surface area contributed by atoms with E-state index in [0.29, 0.717) is 37.5 Å². The molecular weight excluding hydrogens is 514 g/mol. The van der Waals surface area contributed by atoms with Crippen molar-refractivity contribution in [3.8, 4) is 0 Å². The van der Waals surface area contributed by atoms with E-state index < -0.39 is 0 Å². The summed E-state index contributed by atoms with van der Waals surface area (Å²) in [6.07, 6.45) is 0. The van der Waals surface area contributed by atoms with Gasteiger partial charge in [0.05, 0.1) is 16.8 Å². The van der Waals surface area contributed by atoms with Crippen molar-refractivity contribution in [2.45, 2.75) is 20.4 Å². The number of fused-ring (bicyclic) bond motifs is 1. The van der Waals surface area contributed by atoms with Gasteiger partial charge >= 0.3 is 5.13 Å². The number of hydrogen-bond acceptors (Lipinski definition) is 8. The Morgan fingerprint density at radius 1 is 1.18 bits per heavy atom. The Hall–Kier alpha value is -2.15. The number of thioether (sulfide) groups is 2. The van der Waals surface area contributed by atoms with Crippen LogP contribution >= 0.6 is 46.2 Å². The number of aliphatic imine (C=N–C) groups is 1. The Balaban J connectivity index is 1.68. The molecule has 5 rings (SSSR count). The number of aromatic nitrogens is 2. The van der Waals surface area contributed by atoms with Crippen LogP contribution in [0.4, 0.5) is 9.52 Å². The number of rotatable bonds is 3. The molecule has 0 radical (unpaired) electrons. The summed E-state index contributed by atoms with van der Waals surface area (Å²) in [6.45, 7) is 5.68. The van der Waals surface area contributed by atoms with E-state index in [1.54, 1.807) is 27.3 Å². The molecule has 7 nitrogen and oxygen atoms in total. The lowest BCUT2D eigenvalue weighted by Gasteiger charge is -2.08. The molecule has 0 spiro atoms. The van der Waals surface area contributed by atoms with E-state index in [0.717, 1.165) is 27.5 Å². The van der Waals surface area contributed by atoms with Gasteiger partial charge in [0.15, 0.2) is 0 Å². The quantitative estimate of drug-likeness (QED) is 0.481. The Labute approximate surface area is 211 Å². The van der Waals surface area contributed by atoms with Gasteiger partial charge in [0.2, 0.25) is 0 Å². The zero-order chi connectivity index (χ0) is 24.1. The Bertz CT molecular complexity index is 1540. The first-order valence-corrected chi connectivity index (χ1v) is 14.3. The number of thiazole rings is 2. The molecule has 2 aliphatic rings. The number of nitrogens with zero attached hydrogens (tertiary/aromatic N) is 5. The number of halogens is 1. The van der Waals surface area contributed by atoms with Crippen LogP contribution in [0.2, 0.25) is 0 Å². The van der Waals surface area contributed by atoms with Crippen molar-refractivity contribution < 1.29 is 13.8 Å². The molecule has 34 heavy (non-hydrogen) atoms. The van der Waals surface area contributed by atoms with Gasteiger partial charge in [-0.1, -0.05) is 0 Å². The van der Waals surface area contributed by atoms with Crippen molar-refractivity contribution in [2.24, 2.45) is 12.0 Å². The zero-order valence-electron chi connectivity index (χ0n) is 19.1. The van der Waals surface area contributed by atoms with E-state index in [1.807, 2.05) is 32.5 Å². The topological polar surface area (TPSA) is 61.8 Å². The molecule has 0 saturated carbocycles. The predicted octanol–water partition coefficient (Wildman–Crippen LogP) is 2.24. The normalized spacial score (nSPS) is 21.1. The molecule has 2 saturated heterocycles. The van der Waals surface area contributed by atoms with Crippen LogP contribution in [0.15, 0.2) is 28.0 Å². The average molecular weight is 537 g/mol. The van der Waals surface area contributed by atoms with E-state index in [9.17, 15) is 14.0 Å². The molecule has 1 aromatic carbocycles. The first kappa shape index (κ1) is 23.6. The summed E-state index contributed by atoms with van der Waals surface area (Å²) in [5.41, 5.74) is 0.830. The lowest BCUT2D eigenvalue weighted by molar-refractivity contribution is -0.627. The first-order chi connectivity index (χ1) is 16.3. The van der Waals surface area contributed by atoms with Gasteiger partial charge in [0.1, 0.15) is 25.4 Å². The van der Waals surface area contributed by atoms with Crippen molar-refractivity contribution in [3.63, 3.8) is 0 Å². The summed E-state index contributed by atoms with van der Waals surface area (Å²) in [4.78, 5) is 35.7. The van der Waals surface area contributed by atoms with Gasteiger partial charge in [0.25, 0.3) is 16.6 Å². The van der Waals surface area contributed by atoms with E-state index in [-0.39, 0.29) is 17.3 Å². The zero-order valence-corrected chi connectivity index (χ0v) is 22.4. The molecule has 0 N–H and O–H groups in total.